The molecule has 1 aliphatic carbocycles. The van der Waals surface area contributed by atoms with E-state index in [4.69, 9.17) is 5.11 Å². The minimum atomic E-state index is -0.477. The molecule has 0 saturated carbocycles. The van der Waals surface area contributed by atoms with Gasteiger partial charge in [0.1, 0.15) is 0 Å². The second-order valence-corrected chi connectivity index (χ2v) is 1.93. The van der Waals surface area contributed by atoms with Crippen molar-refractivity contribution in [2.24, 2.45) is 5.92 Å². The van der Waals surface area contributed by atoms with Gasteiger partial charge in [-0.1, -0.05) is 0 Å². The van der Waals surface area contributed by atoms with Gasteiger partial charge in [0, 0.05) is 5.57 Å². The van der Waals surface area contributed by atoms with Gasteiger partial charge in [-0.3, -0.25) is 4.79 Å². The van der Waals surface area contributed by atoms with Gasteiger partial charge in [0.25, 0.3) is 0 Å². The second kappa shape index (κ2) is 1.28. The predicted octanol–water partition coefficient (Wildman–Crippen LogP) is 0.851. The summed E-state index contributed by atoms with van der Waals surface area (Å²) in [6, 6.07) is 0. The summed E-state index contributed by atoms with van der Waals surface area (Å²) in [6.45, 7) is 5.00. The Hall–Kier alpha value is -0.920. The van der Waals surface area contributed by atoms with Gasteiger partial charge in [-0.05, 0) is 6.92 Å². The molecule has 1 aliphatic rings. The van der Waals surface area contributed by atoms with E-state index in [-0.39, 0.29) is 11.5 Å². The van der Waals surface area contributed by atoms with Crippen molar-refractivity contribution < 1.29 is 9.90 Å². The Labute approximate surface area is 47.8 Å². The van der Waals surface area contributed by atoms with Crippen LogP contribution in [-0.2, 0) is 4.79 Å². The van der Waals surface area contributed by atoms with Crippen molar-refractivity contribution in [1.82, 2.24) is 0 Å². The zero-order valence-corrected chi connectivity index (χ0v) is 4.64. The number of aliphatic hydroxyl groups is 1. The first-order valence-corrected chi connectivity index (χ1v) is 2.41. The fourth-order valence-electron chi connectivity index (χ4n) is 0.695. The molecule has 0 bridgehead atoms. The van der Waals surface area contributed by atoms with E-state index in [0.717, 1.165) is 0 Å². The summed E-state index contributed by atoms with van der Waals surface area (Å²) >= 11 is 0. The van der Waals surface area contributed by atoms with E-state index in [2.05, 4.69) is 6.92 Å². The Bertz CT molecular complexity index is 167. The fourth-order valence-corrected chi connectivity index (χ4v) is 0.695. The van der Waals surface area contributed by atoms with Gasteiger partial charge in [-0.15, -0.1) is 0 Å². The lowest BCUT2D eigenvalue weighted by Gasteiger charge is -2.15. The Balaban J connectivity index is 2.90. The molecule has 1 atom stereocenters. The maximum Gasteiger partial charge on any atom is 0.217 e. The first-order chi connectivity index (χ1) is 3.64. The maximum absolute atomic E-state index is 10.5. The summed E-state index contributed by atoms with van der Waals surface area (Å²) in [7, 11) is 0. The number of Topliss-reactive ketones (excluding diaryl/α,β-unsaturated/α-hetero) is 1. The molecular weight excluding hydrogens is 104 g/mol. The summed E-state index contributed by atoms with van der Waals surface area (Å²) < 4.78 is 0. The zero-order valence-electron chi connectivity index (χ0n) is 4.64. The first-order valence-electron chi connectivity index (χ1n) is 2.41. The third-order valence-electron chi connectivity index (χ3n) is 1.40. The molecule has 0 spiro atoms. The normalized spacial score (nSPS) is 28.1. The standard InChI is InChI=1S/C6H6O2/c1-3-5(7)4(2)6(3)8/h3H,1H2,2H3/p+1. The van der Waals surface area contributed by atoms with Crippen LogP contribution in [0.15, 0.2) is 11.3 Å². The lowest BCUT2D eigenvalue weighted by Crippen LogP contribution is -2.27. The van der Waals surface area contributed by atoms with E-state index in [9.17, 15) is 4.79 Å². The lowest BCUT2D eigenvalue weighted by molar-refractivity contribution is -0.120. The summed E-state index contributed by atoms with van der Waals surface area (Å²) in [5.74, 6) is -0.368. The lowest BCUT2D eigenvalue weighted by atomic mass is 9.85. The van der Waals surface area contributed by atoms with Gasteiger partial charge in [0.15, 0.2) is 5.76 Å². The zero-order chi connectivity index (χ0) is 6.31. The van der Waals surface area contributed by atoms with Crippen molar-refractivity contribution in [3.05, 3.63) is 18.3 Å². The summed E-state index contributed by atoms with van der Waals surface area (Å²) in [5, 5.41) is 8.75. The predicted molar refractivity (Wildman–Crippen MR) is 29.2 cm³/mol. The molecule has 0 fully saturated rings. The van der Waals surface area contributed by atoms with Crippen molar-refractivity contribution in [3.8, 4) is 0 Å². The van der Waals surface area contributed by atoms with Crippen LogP contribution in [0.4, 0.5) is 0 Å². The van der Waals surface area contributed by atoms with E-state index < -0.39 is 5.92 Å². The Morgan fingerprint density at radius 3 is 2.38 bits per heavy atom. The number of hydrogen-bond acceptors (Lipinski definition) is 2. The molecule has 0 aromatic carbocycles. The van der Waals surface area contributed by atoms with Gasteiger partial charge in [-0.2, -0.15) is 0 Å². The molecule has 0 amide bonds. The smallest absolute Gasteiger partial charge is 0.217 e. The van der Waals surface area contributed by atoms with Gasteiger partial charge in [0.2, 0.25) is 11.7 Å². The summed E-state index contributed by atoms with van der Waals surface area (Å²) in [6.07, 6.45) is 0. The first kappa shape index (κ1) is 5.22. The Morgan fingerprint density at radius 2 is 2.25 bits per heavy atom. The number of carbonyl (C=O) groups is 1. The van der Waals surface area contributed by atoms with Crippen LogP contribution >= 0.6 is 0 Å². The minimum absolute atomic E-state index is 0.0394. The molecule has 42 valence electrons. The highest BCUT2D eigenvalue weighted by atomic mass is 16.3. The molecule has 0 aromatic heterocycles. The number of hydrogen-bond donors (Lipinski definition) is 1. The molecule has 0 aromatic rings. The van der Waals surface area contributed by atoms with Crippen LogP contribution in [0.1, 0.15) is 6.92 Å². The monoisotopic (exact) mass is 111 g/mol. The molecule has 2 nitrogen and oxygen atoms in total. The van der Waals surface area contributed by atoms with Gasteiger partial charge < -0.3 is 5.11 Å². The summed E-state index contributed by atoms with van der Waals surface area (Å²) in [5.41, 5.74) is 0.463. The molecule has 8 heavy (non-hydrogen) atoms. The van der Waals surface area contributed by atoms with Crippen molar-refractivity contribution in [2.75, 3.05) is 0 Å². The Kier molecular flexibility index (Phi) is 0.834. The summed E-state index contributed by atoms with van der Waals surface area (Å²) in [4.78, 5) is 10.5. The van der Waals surface area contributed by atoms with Gasteiger partial charge in [-0.25, -0.2) is 0 Å². The van der Waals surface area contributed by atoms with Crippen LogP contribution in [0.25, 0.3) is 0 Å². The third-order valence-corrected chi connectivity index (χ3v) is 1.40. The minimum Gasteiger partial charge on any atom is -0.507 e. The average molecular weight is 111 g/mol. The van der Waals surface area contributed by atoms with Crippen molar-refractivity contribution >= 4 is 5.78 Å². The van der Waals surface area contributed by atoms with E-state index in [0.29, 0.717) is 5.57 Å². The molecule has 2 heteroatoms. The number of allylic oxidation sites excluding steroid dienone is 2. The molecule has 0 radical (unpaired) electrons. The molecule has 0 heterocycles. The van der Waals surface area contributed by atoms with E-state index in [1.54, 1.807) is 6.92 Å². The molecule has 1 N–H and O–H groups in total. The quantitative estimate of drug-likeness (QED) is 0.470. The number of aliphatic hydroxyl groups excluding tert-OH is 1. The Morgan fingerprint density at radius 1 is 1.75 bits per heavy atom. The van der Waals surface area contributed by atoms with E-state index >= 15 is 0 Å². The van der Waals surface area contributed by atoms with Crippen molar-refractivity contribution in [1.29, 1.82) is 0 Å². The van der Waals surface area contributed by atoms with Crippen LogP contribution < -0.4 is 0 Å². The van der Waals surface area contributed by atoms with Crippen molar-refractivity contribution in [3.63, 3.8) is 0 Å². The van der Waals surface area contributed by atoms with Crippen LogP contribution in [-0.4, -0.2) is 10.9 Å². The van der Waals surface area contributed by atoms with Crippen LogP contribution in [0.2, 0.25) is 0 Å². The van der Waals surface area contributed by atoms with Gasteiger partial charge >= 0.3 is 0 Å². The highest BCUT2D eigenvalue weighted by Gasteiger charge is 2.38. The molecule has 0 aliphatic heterocycles. The third kappa shape index (κ3) is 0.372. The van der Waals surface area contributed by atoms with Crippen molar-refractivity contribution in [2.45, 2.75) is 6.92 Å². The topological polar surface area (TPSA) is 37.3 Å². The highest BCUT2D eigenvalue weighted by Crippen LogP contribution is 2.26. The average Bonchev–Trinajstić information content (AvgIpc) is 1.83. The number of rotatable bonds is 0. The SMILES string of the molecule is [CH2+]C1C(=O)C(C)=C1O. The number of ketones is 1. The maximum atomic E-state index is 10.5. The molecular formula is C6H7O2+. The van der Waals surface area contributed by atoms with Gasteiger partial charge in [0.05, 0.1) is 6.92 Å². The highest BCUT2D eigenvalue weighted by molar-refractivity contribution is 6.05. The van der Waals surface area contributed by atoms with E-state index in [1.807, 2.05) is 0 Å². The molecule has 1 unspecified atom stereocenters. The fraction of sp³-hybridized carbons (Fsp3) is 0.333. The van der Waals surface area contributed by atoms with Crippen LogP contribution in [0.5, 0.6) is 0 Å². The number of carbonyl (C=O) groups excluding carboxylic acids is 1. The van der Waals surface area contributed by atoms with Crippen LogP contribution in [0.3, 0.4) is 0 Å². The van der Waals surface area contributed by atoms with Crippen LogP contribution in [0, 0.1) is 12.8 Å². The largest absolute Gasteiger partial charge is 0.507 e. The van der Waals surface area contributed by atoms with E-state index in [1.165, 1.54) is 0 Å². The molecule has 1 rings (SSSR count). The second-order valence-electron chi connectivity index (χ2n) is 1.93. The molecule has 0 saturated heterocycles.